The molecule has 0 N–H and O–H groups in total. The summed E-state index contributed by atoms with van der Waals surface area (Å²) in [6.45, 7) is 11.3. The molecule has 1 aliphatic heterocycles. The Morgan fingerprint density at radius 1 is 1.09 bits per heavy atom. The molecule has 2 fully saturated rings. The van der Waals surface area contributed by atoms with Gasteiger partial charge in [0.05, 0.1) is 22.8 Å². The first-order valence-corrected chi connectivity index (χ1v) is 16.1. The van der Waals surface area contributed by atoms with Crippen LogP contribution in [0.1, 0.15) is 71.8 Å². The normalized spacial score (nSPS) is 18.7. The molecule has 9 nitrogen and oxygen atoms in total. The van der Waals surface area contributed by atoms with Gasteiger partial charge in [0.25, 0.3) is 5.88 Å². The predicted octanol–water partition coefficient (Wildman–Crippen LogP) is 6.45. The van der Waals surface area contributed by atoms with E-state index in [1.165, 1.54) is 0 Å². The van der Waals surface area contributed by atoms with E-state index in [2.05, 4.69) is 63.5 Å². The number of carbonyl (C=O) groups excluding carboxylic acids is 2. The quantitative estimate of drug-likeness (QED) is 0.166. The highest BCUT2D eigenvalue weighted by atomic mass is 127. The fraction of sp³-hybridized carbons (Fsp3) is 0.515. The van der Waals surface area contributed by atoms with E-state index >= 15 is 0 Å². The minimum absolute atomic E-state index is 0.0912. The number of nitrogens with zero attached hydrogens (tertiary/aromatic N) is 5. The molecule has 2 aromatic heterocycles. The highest BCUT2D eigenvalue weighted by Crippen LogP contribution is 2.39. The highest BCUT2D eigenvalue weighted by Gasteiger charge is 2.32. The van der Waals surface area contributed by atoms with E-state index in [-0.39, 0.29) is 23.9 Å². The Labute approximate surface area is 267 Å². The third-order valence-corrected chi connectivity index (χ3v) is 9.11. The molecule has 2 aliphatic rings. The molecule has 0 radical (unpaired) electrons. The standard InChI is InChI=1S/C33H40IN5O4/c1-7-10-29(40)39(27-19-21(2)24(34)20-26(27)38-17-8-9-18-38)28-16-15-25-30(35-28)31(36-37(25)6)42-23-13-11-22(12-14-23)32(41)43-33(3,4)5/h15-16,19-20,22-23H,8-9,11-14,17-18H2,1-6H3. The van der Waals surface area contributed by atoms with Gasteiger partial charge < -0.3 is 14.4 Å². The van der Waals surface area contributed by atoms with Crippen LogP contribution in [0.2, 0.25) is 0 Å². The zero-order valence-electron chi connectivity index (χ0n) is 25.9. The molecular formula is C33H40IN5O4. The molecule has 1 aromatic carbocycles. The number of anilines is 3. The zero-order valence-corrected chi connectivity index (χ0v) is 28.0. The van der Waals surface area contributed by atoms with E-state index in [9.17, 15) is 9.59 Å². The molecule has 0 bridgehead atoms. The van der Waals surface area contributed by atoms with E-state index in [1.54, 1.807) is 16.5 Å². The monoisotopic (exact) mass is 697 g/mol. The fourth-order valence-corrected chi connectivity index (χ4v) is 6.26. The van der Waals surface area contributed by atoms with Crippen molar-refractivity contribution in [3.8, 4) is 17.7 Å². The maximum Gasteiger partial charge on any atom is 0.309 e. The van der Waals surface area contributed by atoms with Gasteiger partial charge in [0.15, 0.2) is 5.52 Å². The van der Waals surface area contributed by atoms with Gasteiger partial charge in [-0.05, 0) is 131 Å². The van der Waals surface area contributed by atoms with Crippen molar-refractivity contribution in [2.75, 3.05) is 22.9 Å². The molecule has 1 aliphatic carbocycles. The number of hydrogen-bond donors (Lipinski definition) is 0. The number of carbonyl (C=O) groups is 2. The summed E-state index contributed by atoms with van der Waals surface area (Å²) in [6, 6.07) is 7.98. The van der Waals surface area contributed by atoms with E-state index in [0.29, 0.717) is 30.1 Å². The lowest BCUT2D eigenvalue weighted by Crippen LogP contribution is -2.33. The van der Waals surface area contributed by atoms with Crippen LogP contribution in [0.4, 0.5) is 17.2 Å². The molecule has 228 valence electrons. The summed E-state index contributed by atoms with van der Waals surface area (Å²) in [6.07, 6.45) is 4.99. The summed E-state index contributed by atoms with van der Waals surface area (Å²) >= 11 is 2.35. The summed E-state index contributed by atoms with van der Waals surface area (Å²) in [5.74, 6) is 5.80. The molecule has 0 unspecified atom stereocenters. The van der Waals surface area contributed by atoms with E-state index in [1.807, 2.05) is 40.0 Å². The number of pyridine rings is 1. The zero-order chi connectivity index (χ0) is 30.9. The van der Waals surface area contributed by atoms with Crippen LogP contribution in [0, 0.1) is 28.3 Å². The van der Waals surface area contributed by atoms with Gasteiger partial charge in [-0.3, -0.25) is 19.2 Å². The highest BCUT2D eigenvalue weighted by molar-refractivity contribution is 14.1. The number of halogens is 1. The second kappa shape index (κ2) is 12.7. The van der Waals surface area contributed by atoms with Crippen LogP contribution in [0.5, 0.6) is 5.88 Å². The van der Waals surface area contributed by atoms with Gasteiger partial charge in [0, 0.05) is 23.7 Å². The minimum Gasteiger partial charge on any atom is -0.472 e. The number of benzene rings is 1. The van der Waals surface area contributed by atoms with Crippen LogP contribution >= 0.6 is 22.6 Å². The van der Waals surface area contributed by atoms with Crippen molar-refractivity contribution < 1.29 is 19.1 Å². The molecule has 1 amide bonds. The predicted molar refractivity (Wildman–Crippen MR) is 177 cm³/mol. The Morgan fingerprint density at radius 3 is 2.44 bits per heavy atom. The lowest BCUT2D eigenvalue weighted by molar-refractivity contribution is -0.161. The number of amides is 1. The summed E-state index contributed by atoms with van der Waals surface area (Å²) in [7, 11) is 1.86. The van der Waals surface area contributed by atoms with Crippen LogP contribution in [-0.2, 0) is 21.4 Å². The molecule has 5 rings (SSSR count). The van der Waals surface area contributed by atoms with E-state index in [0.717, 1.165) is 64.8 Å². The Balaban J connectivity index is 1.47. The average molecular weight is 698 g/mol. The molecule has 0 atom stereocenters. The molecule has 0 spiro atoms. The lowest BCUT2D eigenvalue weighted by atomic mass is 9.87. The summed E-state index contributed by atoms with van der Waals surface area (Å²) in [5.41, 5.74) is 3.74. The van der Waals surface area contributed by atoms with Crippen molar-refractivity contribution in [1.82, 2.24) is 14.8 Å². The first-order valence-electron chi connectivity index (χ1n) is 15.0. The maximum atomic E-state index is 13.6. The number of ether oxygens (including phenoxy) is 2. The Kier molecular flexibility index (Phi) is 9.20. The SMILES string of the molecule is CC#CC(=O)N(c1ccc2c(n1)c(OC1CCC(C(=O)OC(C)(C)C)CC1)nn2C)c1cc(C)c(I)cc1N1CCCC1. The van der Waals surface area contributed by atoms with Gasteiger partial charge in [0.2, 0.25) is 0 Å². The molecule has 1 saturated heterocycles. The topological polar surface area (TPSA) is 89.8 Å². The van der Waals surface area contributed by atoms with Crippen molar-refractivity contribution in [3.05, 3.63) is 33.4 Å². The summed E-state index contributed by atoms with van der Waals surface area (Å²) in [5, 5.41) is 4.65. The smallest absolute Gasteiger partial charge is 0.309 e. The largest absolute Gasteiger partial charge is 0.472 e. The minimum atomic E-state index is -0.495. The second-order valence-corrected chi connectivity index (χ2v) is 13.6. The molecule has 3 aromatic rings. The number of hydrogen-bond acceptors (Lipinski definition) is 7. The van der Waals surface area contributed by atoms with Crippen molar-refractivity contribution in [3.63, 3.8) is 0 Å². The lowest BCUT2D eigenvalue weighted by Gasteiger charge is -2.29. The first-order chi connectivity index (χ1) is 20.4. The maximum absolute atomic E-state index is 13.6. The summed E-state index contributed by atoms with van der Waals surface area (Å²) in [4.78, 5) is 35.2. The molecule has 1 saturated carbocycles. The van der Waals surface area contributed by atoms with Gasteiger partial charge in [-0.25, -0.2) is 4.98 Å². The number of rotatable bonds is 6. The average Bonchev–Trinajstić information content (AvgIpc) is 3.59. The van der Waals surface area contributed by atoms with Gasteiger partial charge in [-0.2, -0.15) is 0 Å². The second-order valence-electron chi connectivity index (χ2n) is 12.4. The molecule has 10 heteroatoms. The van der Waals surface area contributed by atoms with Gasteiger partial charge in [-0.15, -0.1) is 5.10 Å². The van der Waals surface area contributed by atoms with Crippen LogP contribution in [0.25, 0.3) is 11.0 Å². The van der Waals surface area contributed by atoms with Crippen molar-refractivity contribution in [2.45, 2.75) is 84.8 Å². The first kappa shape index (κ1) is 31.1. The molecule has 3 heterocycles. The van der Waals surface area contributed by atoms with Crippen LogP contribution in [0.3, 0.4) is 0 Å². The molecule has 43 heavy (non-hydrogen) atoms. The van der Waals surface area contributed by atoms with Crippen molar-refractivity contribution in [2.24, 2.45) is 13.0 Å². The van der Waals surface area contributed by atoms with Gasteiger partial charge >= 0.3 is 11.9 Å². The Bertz CT molecular complexity index is 1580. The number of aromatic nitrogens is 3. The Morgan fingerprint density at radius 2 is 1.79 bits per heavy atom. The van der Waals surface area contributed by atoms with E-state index in [4.69, 9.17) is 14.5 Å². The van der Waals surface area contributed by atoms with Crippen molar-refractivity contribution in [1.29, 1.82) is 0 Å². The van der Waals surface area contributed by atoms with Gasteiger partial charge in [0.1, 0.15) is 17.5 Å². The molecular weight excluding hydrogens is 657 g/mol. The fourth-order valence-electron chi connectivity index (χ4n) is 5.81. The number of aryl methyl sites for hydroxylation is 2. The third kappa shape index (κ3) is 6.92. The number of fused-ring (bicyclic) bond motifs is 1. The third-order valence-electron chi connectivity index (χ3n) is 7.95. The van der Waals surface area contributed by atoms with Crippen LogP contribution in [0.15, 0.2) is 24.3 Å². The summed E-state index contributed by atoms with van der Waals surface area (Å²) < 4.78 is 14.9. The van der Waals surface area contributed by atoms with Gasteiger partial charge in [-0.1, -0.05) is 5.92 Å². The number of esters is 1. The Hall–Kier alpha value is -3.33. The van der Waals surface area contributed by atoms with E-state index < -0.39 is 5.60 Å². The van der Waals surface area contributed by atoms with Crippen LogP contribution < -0.4 is 14.5 Å². The van der Waals surface area contributed by atoms with Crippen LogP contribution in [-0.4, -0.2) is 51.4 Å². The van der Waals surface area contributed by atoms with Crippen molar-refractivity contribution >= 4 is 62.7 Å².